The van der Waals surface area contributed by atoms with Gasteiger partial charge < -0.3 is 19.4 Å². The first kappa shape index (κ1) is 20.7. The van der Waals surface area contributed by atoms with Crippen molar-refractivity contribution in [3.8, 4) is 11.5 Å². The number of nitro benzene ring substituents is 1. The molecule has 0 atom stereocenters. The molecule has 1 N–H and O–H groups in total. The Kier molecular flexibility index (Phi) is 6.03. The summed E-state index contributed by atoms with van der Waals surface area (Å²) in [5.41, 5.74) is 1.48. The van der Waals surface area contributed by atoms with Crippen LogP contribution in [0.1, 0.15) is 28.7 Å². The largest absolute Gasteiger partial charge is 0.454 e. The van der Waals surface area contributed by atoms with E-state index in [1.807, 2.05) is 11.5 Å². The Labute approximate surface area is 181 Å². The maximum atomic E-state index is 12.5. The Balaban J connectivity index is 1.37. The van der Waals surface area contributed by atoms with Gasteiger partial charge in [-0.05, 0) is 30.7 Å². The molecule has 0 unspecified atom stereocenters. The normalized spacial score (nSPS) is 12.0. The van der Waals surface area contributed by atoms with Gasteiger partial charge in [-0.25, -0.2) is 0 Å². The lowest BCUT2D eigenvalue weighted by Crippen LogP contribution is -2.24. The van der Waals surface area contributed by atoms with Crippen LogP contribution in [0.15, 0.2) is 47.6 Å². The van der Waals surface area contributed by atoms with Crippen molar-refractivity contribution in [1.82, 2.24) is 20.1 Å². The number of carbonyl (C=O) groups excluding carboxylic acids is 1. The zero-order valence-corrected chi connectivity index (χ0v) is 17.4. The molecule has 0 aliphatic carbocycles. The molecule has 0 saturated heterocycles. The van der Waals surface area contributed by atoms with Gasteiger partial charge in [0.1, 0.15) is 0 Å². The fraction of sp³-hybridized carbons (Fsp3) is 0.250. The number of nitro groups is 1. The summed E-state index contributed by atoms with van der Waals surface area (Å²) in [6.07, 6.45) is 0. The highest BCUT2D eigenvalue weighted by Crippen LogP contribution is 2.32. The lowest BCUT2D eigenvalue weighted by atomic mass is 10.2. The molecule has 1 aromatic heterocycles. The molecule has 1 amide bonds. The average Bonchev–Trinajstić information content (AvgIpc) is 3.41. The van der Waals surface area contributed by atoms with Crippen molar-refractivity contribution in [2.75, 3.05) is 6.79 Å². The van der Waals surface area contributed by atoms with Crippen LogP contribution in [0.5, 0.6) is 11.5 Å². The van der Waals surface area contributed by atoms with Gasteiger partial charge in [0, 0.05) is 30.0 Å². The van der Waals surface area contributed by atoms with E-state index in [-0.39, 0.29) is 24.9 Å². The molecule has 2 aromatic carbocycles. The van der Waals surface area contributed by atoms with Crippen molar-refractivity contribution in [1.29, 1.82) is 0 Å². The Hall–Kier alpha value is -3.60. The summed E-state index contributed by atoms with van der Waals surface area (Å²) in [4.78, 5) is 22.8. The van der Waals surface area contributed by atoms with E-state index in [1.54, 1.807) is 30.3 Å². The lowest BCUT2D eigenvalue weighted by molar-refractivity contribution is -0.384. The van der Waals surface area contributed by atoms with Crippen LogP contribution in [-0.2, 0) is 18.8 Å². The van der Waals surface area contributed by atoms with Gasteiger partial charge in [-0.3, -0.25) is 14.9 Å². The Morgan fingerprint density at radius 2 is 1.97 bits per heavy atom. The van der Waals surface area contributed by atoms with Gasteiger partial charge in [0.15, 0.2) is 22.5 Å². The van der Waals surface area contributed by atoms with Crippen LogP contribution in [-0.4, -0.2) is 32.4 Å². The third-order valence-corrected chi connectivity index (χ3v) is 5.70. The Morgan fingerprint density at radius 1 is 1.19 bits per heavy atom. The zero-order chi connectivity index (χ0) is 21.8. The van der Waals surface area contributed by atoms with Gasteiger partial charge in [-0.2, -0.15) is 0 Å². The SMILES string of the molecule is CCn1c(CNC(=O)c2ccc3c(c2)OCO3)nnc1SCc1ccc([N+](=O)[O-])cc1. The summed E-state index contributed by atoms with van der Waals surface area (Å²) in [6.45, 7) is 3.00. The maximum absolute atomic E-state index is 12.5. The van der Waals surface area contributed by atoms with Crippen molar-refractivity contribution in [2.45, 2.75) is 30.9 Å². The van der Waals surface area contributed by atoms with Crippen molar-refractivity contribution in [3.05, 3.63) is 69.5 Å². The molecule has 160 valence electrons. The smallest absolute Gasteiger partial charge is 0.269 e. The summed E-state index contributed by atoms with van der Waals surface area (Å²) in [6, 6.07) is 11.5. The van der Waals surface area contributed by atoms with Crippen LogP contribution in [0.4, 0.5) is 5.69 Å². The first-order valence-corrected chi connectivity index (χ1v) is 10.5. The number of fused-ring (bicyclic) bond motifs is 1. The highest BCUT2D eigenvalue weighted by Gasteiger charge is 2.17. The van der Waals surface area contributed by atoms with E-state index < -0.39 is 4.92 Å². The number of amides is 1. The molecule has 1 aliphatic rings. The third kappa shape index (κ3) is 4.61. The minimum absolute atomic E-state index is 0.0611. The predicted molar refractivity (Wildman–Crippen MR) is 112 cm³/mol. The summed E-state index contributed by atoms with van der Waals surface area (Å²) >= 11 is 1.48. The van der Waals surface area contributed by atoms with E-state index in [0.717, 1.165) is 5.56 Å². The molecule has 0 saturated carbocycles. The Morgan fingerprint density at radius 3 is 2.71 bits per heavy atom. The van der Waals surface area contributed by atoms with Crippen LogP contribution in [0.25, 0.3) is 0 Å². The molecular weight excluding hydrogens is 422 g/mol. The molecule has 10 nitrogen and oxygen atoms in total. The second-order valence-electron chi connectivity index (χ2n) is 6.61. The van der Waals surface area contributed by atoms with Crippen molar-refractivity contribution in [2.24, 2.45) is 0 Å². The number of carbonyl (C=O) groups is 1. The third-order valence-electron chi connectivity index (χ3n) is 4.67. The standard InChI is InChI=1S/C20H19N5O5S/c1-2-24-18(10-21-19(26)14-5-8-16-17(9-14)30-12-29-16)22-23-20(24)31-11-13-3-6-15(7-4-13)25(27)28/h3-9H,2,10-12H2,1H3,(H,21,26). The van der Waals surface area contributed by atoms with Gasteiger partial charge in [-0.15, -0.1) is 10.2 Å². The Bertz CT molecular complexity index is 1120. The molecule has 3 aromatic rings. The summed E-state index contributed by atoms with van der Waals surface area (Å²) in [5, 5.41) is 22.8. The predicted octanol–water partition coefficient (Wildman–Crippen LogP) is 3.16. The van der Waals surface area contributed by atoms with Crippen molar-refractivity contribution < 1.29 is 19.2 Å². The first-order valence-electron chi connectivity index (χ1n) is 9.51. The lowest BCUT2D eigenvalue weighted by Gasteiger charge is -2.09. The fourth-order valence-electron chi connectivity index (χ4n) is 3.04. The minimum Gasteiger partial charge on any atom is -0.454 e. The van der Waals surface area contributed by atoms with Gasteiger partial charge in [0.2, 0.25) is 6.79 Å². The van der Waals surface area contributed by atoms with Crippen LogP contribution in [0.3, 0.4) is 0 Å². The number of nitrogens with one attached hydrogen (secondary N) is 1. The number of hydrogen-bond acceptors (Lipinski definition) is 8. The monoisotopic (exact) mass is 441 g/mol. The molecule has 11 heteroatoms. The van der Waals surface area contributed by atoms with Crippen LogP contribution >= 0.6 is 11.8 Å². The summed E-state index contributed by atoms with van der Waals surface area (Å²) in [7, 11) is 0. The van der Waals surface area contributed by atoms with Gasteiger partial charge in [0.25, 0.3) is 11.6 Å². The van der Waals surface area contributed by atoms with E-state index in [0.29, 0.717) is 40.3 Å². The number of rotatable bonds is 8. The molecule has 2 heterocycles. The number of aromatic nitrogens is 3. The number of hydrogen-bond donors (Lipinski definition) is 1. The van der Waals surface area contributed by atoms with Gasteiger partial charge in [0.05, 0.1) is 11.5 Å². The quantitative estimate of drug-likeness (QED) is 0.321. The zero-order valence-electron chi connectivity index (χ0n) is 16.6. The van der Waals surface area contributed by atoms with Crippen molar-refractivity contribution in [3.63, 3.8) is 0 Å². The fourth-order valence-corrected chi connectivity index (χ4v) is 4.01. The van der Waals surface area contributed by atoms with Crippen LogP contribution < -0.4 is 14.8 Å². The molecule has 1 aliphatic heterocycles. The van der Waals surface area contributed by atoms with Crippen molar-refractivity contribution >= 4 is 23.4 Å². The van der Waals surface area contributed by atoms with E-state index in [4.69, 9.17) is 9.47 Å². The highest BCUT2D eigenvalue weighted by molar-refractivity contribution is 7.98. The number of non-ortho nitro benzene ring substituents is 1. The topological polar surface area (TPSA) is 121 Å². The van der Waals surface area contributed by atoms with Crippen LogP contribution in [0, 0.1) is 10.1 Å². The van der Waals surface area contributed by atoms with Gasteiger partial charge in [-0.1, -0.05) is 23.9 Å². The second kappa shape index (κ2) is 9.04. The van der Waals surface area contributed by atoms with E-state index in [9.17, 15) is 14.9 Å². The van der Waals surface area contributed by atoms with Gasteiger partial charge >= 0.3 is 0 Å². The average molecular weight is 441 g/mol. The molecule has 0 bridgehead atoms. The maximum Gasteiger partial charge on any atom is 0.269 e. The molecular formula is C20H19N5O5S. The molecule has 31 heavy (non-hydrogen) atoms. The molecule has 4 rings (SSSR count). The minimum atomic E-state index is -0.422. The van der Waals surface area contributed by atoms with E-state index in [2.05, 4.69) is 15.5 Å². The number of benzene rings is 2. The first-order chi connectivity index (χ1) is 15.0. The summed E-state index contributed by atoms with van der Waals surface area (Å²) in [5.74, 6) is 2.16. The van der Waals surface area contributed by atoms with E-state index >= 15 is 0 Å². The van der Waals surface area contributed by atoms with Crippen LogP contribution in [0.2, 0.25) is 0 Å². The molecule has 0 radical (unpaired) electrons. The molecule has 0 spiro atoms. The molecule has 0 fully saturated rings. The second-order valence-corrected chi connectivity index (χ2v) is 7.55. The van der Waals surface area contributed by atoms with E-state index in [1.165, 1.54) is 23.9 Å². The highest BCUT2D eigenvalue weighted by atomic mass is 32.2. The summed E-state index contributed by atoms with van der Waals surface area (Å²) < 4.78 is 12.5. The number of nitrogens with zero attached hydrogens (tertiary/aromatic N) is 4. The number of thioether (sulfide) groups is 1. The number of ether oxygens (including phenoxy) is 2.